The van der Waals surface area contributed by atoms with E-state index in [4.69, 9.17) is 10.5 Å². The molecular formula is C16H15FN2O2. The number of ether oxygens (including phenoxy) is 1. The molecule has 1 amide bonds. The van der Waals surface area contributed by atoms with E-state index in [0.717, 1.165) is 11.3 Å². The molecule has 0 aliphatic carbocycles. The summed E-state index contributed by atoms with van der Waals surface area (Å²) in [4.78, 5) is 11.3. The lowest BCUT2D eigenvalue weighted by atomic mass is 10.0. The van der Waals surface area contributed by atoms with Crippen LogP contribution in [0.15, 0.2) is 36.4 Å². The molecule has 0 unspecified atom stereocenters. The first-order valence-electron chi connectivity index (χ1n) is 6.75. The third-order valence-electron chi connectivity index (χ3n) is 3.43. The Balaban J connectivity index is 1.84. The number of halogens is 1. The van der Waals surface area contributed by atoms with Crippen molar-refractivity contribution in [2.45, 2.75) is 19.4 Å². The Hall–Kier alpha value is -2.40. The molecule has 5 heteroatoms. The number of hydrogen-bond acceptors (Lipinski definition) is 3. The van der Waals surface area contributed by atoms with Crippen LogP contribution in [0.4, 0.5) is 10.1 Å². The molecule has 0 fully saturated rings. The Morgan fingerprint density at radius 1 is 1.19 bits per heavy atom. The number of nitrogens with one attached hydrogen (secondary N) is 1. The maximum Gasteiger partial charge on any atom is 0.224 e. The molecule has 2 aromatic rings. The zero-order valence-electron chi connectivity index (χ0n) is 11.4. The lowest BCUT2D eigenvalue weighted by molar-refractivity contribution is -0.116. The van der Waals surface area contributed by atoms with Gasteiger partial charge in [-0.2, -0.15) is 0 Å². The number of amides is 1. The molecule has 0 radical (unpaired) electrons. The molecule has 0 saturated heterocycles. The van der Waals surface area contributed by atoms with Gasteiger partial charge in [-0.3, -0.25) is 4.79 Å². The van der Waals surface area contributed by atoms with E-state index < -0.39 is 5.82 Å². The van der Waals surface area contributed by atoms with E-state index in [2.05, 4.69) is 5.32 Å². The molecule has 21 heavy (non-hydrogen) atoms. The second-order valence-electron chi connectivity index (χ2n) is 4.94. The molecule has 0 bridgehead atoms. The molecule has 1 aliphatic heterocycles. The van der Waals surface area contributed by atoms with Gasteiger partial charge in [0, 0.05) is 18.7 Å². The SMILES string of the molecule is NCc1ccc(Oc2ccc3c(c2)CCC(=O)N3)c(F)c1. The number of carbonyl (C=O) groups excluding carboxylic acids is 1. The summed E-state index contributed by atoms with van der Waals surface area (Å²) in [5.41, 5.74) is 7.96. The van der Waals surface area contributed by atoms with E-state index in [9.17, 15) is 9.18 Å². The van der Waals surface area contributed by atoms with Crippen LogP contribution in [-0.2, 0) is 17.8 Å². The lowest BCUT2D eigenvalue weighted by Gasteiger charge is -2.17. The average molecular weight is 286 g/mol. The highest BCUT2D eigenvalue weighted by Crippen LogP contribution is 2.30. The van der Waals surface area contributed by atoms with Crippen molar-refractivity contribution < 1.29 is 13.9 Å². The Morgan fingerprint density at radius 2 is 2.05 bits per heavy atom. The fourth-order valence-electron chi connectivity index (χ4n) is 2.30. The largest absolute Gasteiger partial charge is 0.454 e. The lowest BCUT2D eigenvalue weighted by Crippen LogP contribution is -2.18. The molecular weight excluding hydrogens is 271 g/mol. The number of rotatable bonds is 3. The quantitative estimate of drug-likeness (QED) is 0.911. The van der Waals surface area contributed by atoms with E-state index in [0.29, 0.717) is 24.2 Å². The Bertz CT molecular complexity index is 701. The molecule has 3 rings (SSSR count). The highest BCUT2D eigenvalue weighted by Gasteiger charge is 2.15. The molecule has 4 nitrogen and oxygen atoms in total. The van der Waals surface area contributed by atoms with Gasteiger partial charge in [0.2, 0.25) is 5.91 Å². The summed E-state index contributed by atoms with van der Waals surface area (Å²) in [7, 11) is 0. The number of hydrogen-bond donors (Lipinski definition) is 2. The van der Waals surface area contributed by atoms with Gasteiger partial charge in [-0.1, -0.05) is 6.07 Å². The first-order chi connectivity index (χ1) is 10.2. The molecule has 1 aliphatic rings. The maximum atomic E-state index is 13.9. The van der Waals surface area contributed by atoms with Crippen LogP contribution in [0.2, 0.25) is 0 Å². The van der Waals surface area contributed by atoms with Gasteiger partial charge in [-0.05, 0) is 47.9 Å². The minimum absolute atomic E-state index is 0.0135. The van der Waals surface area contributed by atoms with E-state index in [1.54, 1.807) is 24.3 Å². The van der Waals surface area contributed by atoms with Crippen molar-refractivity contribution in [2.75, 3.05) is 5.32 Å². The summed E-state index contributed by atoms with van der Waals surface area (Å²) < 4.78 is 19.4. The third kappa shape index (κ3) is 2.87. The van der Waals surface area contributed by atoms with Crippen molar-refractivity contribution in [3.8, 4) is 11.5 Å². The van der Waals surface area contributed by atoms with Gasteiger partial charge in [-0.15, -0.1) is 0 Å². The van der Waals surface area contributed by atoms with Crippen LogP contribution in [0.1, 0.15) is 17.5 Å². The zero-order chi connectivity index (χ0) is 14.8. The number of carbonyl (C=O) groups is 1. The van der Waals surface area contributed by atoms with Crippen molar-refractivity contribution in [1.29, 1.82) is 0 Å². The van der Waals surface area contributed by atoms with Crippen molar-refractivity contribution >= 4 is 11.6 Å². The van der Waals surface area contributed by atoms with E-state index in [1.807, 2.05) is 6.07 Å². The molecule has 0 atom stereocenters. The highest BCUT2D eigenvalue weighted by atomic mass is 19.1. The van der Waals surface area contributed by atoms with E-state index in [1.165, 1.54) is 6.07 Å². The average Bonchev–Trinajstić information content (AvgIpc) is 2.49. The fourth-order valence-corrected chi connectivity index (χ4v) is 2.30. The van der Waals surface area contributed by atoms with Crippen LogP contribution in [0.3, 0.4) is 0 Å². The van der Waals surface area contributed by atoms with Gasteiger partial charge in [0.05, 0.1) is 0 Å². The molecule has 108 valence electrons. The monoisotopic (exact) mass is 286 g/mol. The number of anilines is 1. The predicted octanol–water partition coefficient (Wildman–Crippen LogP) is 2.96. The second-order valence-corrected chi connectivity index (χ2v) is 4.94. The van der Waals surface area contributed by atoms with Crippen LogP contribution < -0.4 is 15.8 Å². The summed E-state index contributed by atoms with van der Waals surface area (Å²) >= 11 is 0. The van der Waals surface area contributed by atoms with Crippen LogP contribution in [0, 0.1) is 5.82 Å². The van der Waals surface area contributed by atoms with E-state index >= 15 is 0 Å². The summed E-state index contributed by atoms with van der Waals surface area (Å²) in [6.07, 6.45) is 1.11. The minimum Gasteiger partial charge on any atom is -0.454 e. The summed E-state index contributed by atoms with van der Waals surface area (Å²) in [5, 5.41) is 2.79. The van der Waals surface area contributed by atoms with Crippen LogP contribution in [-0.4, -0.2) is 5.91 Å². The van der Waals surface area contributed by atoms with Gasteiger partial charge in [0.15, 0.2) is 11.6 Å². The fraction of sp³-hybridized carbons (Fsp3) is 0.188. The van der Waals surface area contributed by atoms with Crippen molar-refractivity contribution in [3.63, 3.8) is 0 Å². The van der Waals surface area contributed by atoms with Gasteiger partial charge < -0.3 is 15.8 Å². The number of nitrogens with two attached hydrogens (primary N) is 1. The molecule has 3 N–H and O–H groups in total. The Labute approximate surface area is 121 Å². The summed E-state index contributed by atoms with van der Waals surface area (Å²) in [6.45, 7) is 0.287. The Kier molecular flexibility index (Phi) is 3.58. The van der Waals surface area contributed by atoms with Gasteiger partial charge in [0.1, 0.15) is 5.75 Å². The van der Waals surface area contributed by atoms with Gasteiger partial charge in [0.25, 0.3) is 0 Å². The summed E-state index contributed by atoms with van der Waals surface area (Å²) in [5.74, 6) is 0.278. The van der Waals surface area contributed by atoms with Crippen molar-refractivity contribution in [2.24, 2.45) is 5.73 Å². The standard InChI is InChI=1S/C16H15FN2O2/c17-13-7-10(9-18)1-5-15(13)21-12-3-4-14-11(8-12)2-6-16(20)19-14/h1,3-5,7-8H,2,6,9,18H2,(H,19,20). The second kappa shape index (κ2) is 5.54. The first kappa shape index (κ1) is 13.6. The molecule has 0 aromatic heterocycles. The summed E-state index contributed by atoms with van der Waals surface area (Å²) in [6, 6.07) is 9.98. The van der Waals surface area contributed by atoms with Crippen molar-refractivity contribution in [3.05, 3.63) is 53.3 Å². The zero-order valence-corrected chi connectivity index (χ0v) is 11.4. The highest BCUT2D eigenvalue weighted by molar-refractivity contribution is 5.94. The Morgan fingerprint density at radius 3 is 2.81 bits per heavy atom. The molecule has 0 saturated carbocycles. The van der Waals surface area contributed by atoms with Gasteiger partial charge in [-0.25, -0.2) is 4.39 Å². The smallest absolute Gasteiger partial charge is 0.224 e. The van der Waals surface area contributed by atoms with Crippen molar-refractivity contribution in [1.82, 2.24) is 0 Å². The van der Waals surface area contributed by atoms with Crippen LogP contribution >= 0.6 is 0 Å². The number of fused-ring (bicyclic) bond motifs is 1. The van der Waals surface area contributed by atoms with Crippen LogP contribution in [0.5, 0.6) is 11.5 Å². The number of aryl methyl sites for hydroxylation is 1. The molecule has 2 aromatic carbocycles. The third-order valence-corrected chi connectivity index (χ3v) is 3.43. The van der Waals surface area contributed by atoms with Crippen LogP contribution in [0.25, 0.3) is 0 Å². The first-order valence-corrected chi connectivity index (χ1v) is 6.75. The molecule has 0 spiro atoms. The number of benzene rings is 2. The molecule has 1 heterocycles. The topological polar surface area (TPSA) is 64.3 Å². The maximum absolute atomic E-state index is 13.9. The van der Waals surface area contributed by atoms with Gasteiger partial charge >= 0.3 is 0 Å². The normalized spacial score (nSPS) is 13.5. The predicted molar refractivity (Wildman–Crippen MR) is 77.8 cm³/mol. The van der Waals surface area contributed by atoms with E-state index in [-0.39, 0.29) is 18.2 Å². The minimum atomic E-state index is -0.441.